The van der Waals surface area contributed by atoms with Gasteiger partial charge in [0.2, 0.25) is 0 Å². The van der Waals surface area contributed by atoms with Gasteiger partial charge in [-0.1, -0.05) is 0 Å². The zero-order chi connectivity index (χ0) is 11.7. The van der Waals surface area contributed by atoms with Crippen LogP contribution in [0.4, 0.5) is 0 Å². The molecule has 0 spiro atoms. The summed E-state index contributed by atoms with van der Waals surface area (Å²) in [5.41, 5.74) is 0. The van der Waals surface area contributed by atoms with E-state index in [9.17, 15) is 0 Å². The fraction of sp³-hybridized carbons (Fsp3) is 1.00. The maximum Gasteiger partial charge on any atom is 0.168 e. The van der Waals surface area contributed by atoms with E-state index in [0.29, 0.717) is 22.8 Å². The molecule has 0 aliphatic carbocycles. The van der Waals surface area contributed by atoms with E-state index in [1.807, 2.05) is 0 Å². The van der Waals surface area contributed by atoms with Crippen LogP contribution in [0.3, 0.4) is 0 Å². The molecule has 3 fully saturated rings. The summed E-state index contributed by atoms with van der Waals surface area (Å²) in [5.74, 6) is 2.09. The molecular formula is C12H22O4Si. The van der Waals surface area contributed by atoms with Crippen LogP contribution in [0.2, 0.25) is 5.04 Å². The first kappa shape index (κ1) is 12.1. The fourth-order valence-electron chi connectivity index (χ4n) is 3.27. The van der Waals surface area contributed by atoms with Crippen LogP contribution in [0.5, 0.6) is 0 Å². The van der Waals surface area contributed by atoms with Crippen LogP contribution in [0, 0.1) is 17.8 Å². The van der Waals surface area contributed by atoms with E-state index >= 15 is 0 Å². The topological polar surface area (TPSA) is 36.9 Å². The molecule has 0 bridgehead atoms. The van der Waals surface area contributed by atoms with Crippen molar-refractivity contribution in [2.24, 2.45) is 17.8 Å². The molecule has 3 saturated heterocycles. The van der Waals surface area contributed by atoms with Gasteiger partial charge in [0.1, 0.15) is 0 Å². The molecule has 3 aliphatic heterocycles. The predicted octanol–water partition coefficient (Wildman–Crippen LogP) is 0.205. The molecule has 0 amide bonds. The molecule has 3 aliphatic rings. The van der Waals surface area contributed by atoms with Crippen molar-refractivity contribution in [3.05, 3.63) is 0 Å². The average Bonchev–Trinajstić information content (AvgIpc) is 2.05. The van der Waals surface area contributed by atoms with Crippen LogP contribution < -0.4 is 0 Å². The van der Waals surface area contributed by atoms with Gasteiger partial charge in [-0.3, -0.25) is 0 Å². The molecule has 0 unspecified atom stereocenters. The standard InChI is InChI=1S/C12H22O4Si/c1-2-16-17-12(9-3-13-4-9,10-5-14-6-10)11-7-15-8-11/h9-11H,2-8,17H2,1H3. The van der Waals surface area contributed by atoms with Crippen molar-refractivity contribution in [3.8, 4) is 0 Å². The van der Waals surface area contributed by atoms with Crippen molar-refractivity contribution in [1.82, 2.24) is 0 Å². The second-order valence-electron chi connectivity index (χ2n) is 5.45. The summed E-state index contributed by atoms with van der Waals surface area (Å²) in [6.07, 6.45) is 0. The van der Waals surface area contributed by atoms with Gasteiger partial charge in [-0.15, -0.1) is 0 Å². The largest absolute Gasteiger partial charge is 0.424 e. The lowest BCUT2D eigenvalue weighted by atomic mass is 9.69. The van der Waals surface area contributed by atoms with Crippen molar-refractivity contribution < 1.29 is 18.6 Å². The molecule has 0 N–H and O–H groups in total. The molecule has 0 radical (unpaired) electrons. The molecular weight excluding hydrogens is 236 g/mol. The van der Waals surface area contributed by atoms with Crippen LogP contribution in [0.25, 0.3) is 0 Å². The fourth-order valence-corrected chi connectivity index (χ4v) is 5.24. The van der Waals surface area contributed by atoms with E-state index < -0.39 is 9.76 Å². The van der Waals surface area contributed by atoms with Gasteiger partial charge in [0.05, 0.1) is 39.6 Å². The molecule has 0 atom stereocenters. The summed E-state index contributed by atoms with van der Waals surface area (Å²) in [5, 5.41) is 0.380. The Kier molecular flexibility index (Phi) is 3.54. The highest BCUT2D eigenvalue weighted by Gasteiger charge is 2.57. The molecule has 17 heavy (non-hydrogen) atoms. The zero-order valence-electron chi connectivity index (χ0n) is 10.5. The van der Waals surface area contributed by atoms with Gasteiger partial charge in [-0.2, -0.15) is 0 Å². The minimum absolute atomic E-state index is 0.380. The molecule has 0 saturated carbocycles. The van der Waals surface area contributed by atoms with E-state index in [4.69, 9.17) is 18.6 Å². The maximum absolute atomic E-state index is 5.94. The first-order chi connectivity index (χ1) is 8.38. The normalized spacial score (nSPS) is 28.1. The first-order valence-electron chi connectivity index (χ1n) is 6.69. The SMILES string of the molecule is CCO[SiH2]C(C1COC1)(C1COC1)C1COC1. The van der Waals surface area contributed by atoms with Crippen molar-refractivity contribution in [2.45, 2.75) is 12.0 Å². The average molecular weight is 258 g/mol. The van der Waals surface area contributed by atoms with Gasteiger partial charge in [0.25, 0.3) is 0 Å². The number of hydrogen-bond donors (Lipinski definition) is 0. The van der Waals surface area contributed by atoms with E-state index in [1.165, 1.54) is 0 Å². The quantitative estimate of drug-likeness (QED) is 0.638. The Morgan fingerprint density at radius 1 is 0.941 bits per heavy atom. The molecule has 4 nitrogen and oxygen atoms in total. The lowest BCUT2D eigenvalue weighted by Crippen LogP contribution is -2.59. The Morgan fingerprint density at radius 2 is 1.35 bits per heavy atom. The van der Waals surface area contributed by atoms with Crippen LogP contribution in [0.1, 0.15) is 6.92 Å². The summed E-state index contributed by atoms with van der Waals surface area (Å²) < 4.78 is 22.3. The monoisotopic (exact) mass is 258 g/mol. The Balaban J connectivity index is 1.78. The van der Waals surface area contributed by atoms with Crippen LogP contribution in [-0.2, 0) is 18.6 Å². The third-order valence-electron chi connectivity index (χ3n) is 4.75. The highest BCUT2D eigenvalue weighted by atomic mass is 28.2. The molecule has 3 rings (SSSR count). The molecule has 0 aromatic carbocycles. The summed E-state index contributed by atoms with van der Waals surface area (Å²) in [7, 11) is -0.543. The smallest absolute Gasteiger partial charge is 0.168 e. The van der Waals surface area contributed by atoms with Gasteiger partial charge in [0, 0.05) is 29.4 Å². The van der Waals surface area contributed by atoms with Gasteiger partial charge in [-0.25, -0.2) is 0 Å². The lowest BCUT2D eigenvalue weighted by Gasteiger charge is -2.57. The van der Waals surface area contributed by atoms with Crippen molar-refractivity contribution >= 4 is 9.76 Å². The molecule has 3 heterocycles. The van der Waals surface area contributed by atoms with E-state index in [2.05, 4.69) is 6.92 Å². The first-order valence-corrected chi connectivity index (χ1v) is 7.97. The van der Waals surface area contributed by atoms with Gasteiger partial charge in [0.15, 0.2) is 9.76 Å². The molecule has 98 valence electrons. The van der Waals surface area contributed by atoms with Gasteiger partial charge >= 0.3 is 0 Å². The second-order valence-corrected chi connectivity index (χ2v) is 7.37. The predicted molar refractivity (Wildman–Crippen MR) is 65.8 cm³/mol. The van der Waals surface area contributed by atoms with Crippen molar-refractivity contribution in [2.75, 3.05) is 46.2 Å². The van der Waals surface area contributed by atoms with Gasteiger partial charge < -0.3 is 18.6 Å². The molecule has 0 aromatic rings. The van der Waals surface area contributed by atoms with Crippen molar-refractivity contribution in [3.63, 3.8) is 0 Å². The Morgan fingerprint density at radius 3 is 1.59 bits per heavy atom. The molecule has 0 aromatic heterocycles. The highest BCUT2D eigenvalue weighted by molar-refractivity contribution is 6.33. The third-order valence-corrected chi connectivity index (χ3v) is 7.60. The van der Waals surface area contributed by atoms with Crippen LogP contribution >= 0.6 is 0 Å². The Labute approximate surface area is 105 Å². The number of hydrogen-bond acceptors (Lipinski definition) is 4. The second kappa shape index (κ2) is 4.97. The van der Waals surface area contributed by atoms with Crippen LogP contribution in [0.15, 0.2) is 0 Å². The third kappa shape index (κ3) is 1.88. The summed E-state index contributed by atoms with van der Waals surface area (Å²) in [6.45, 7) is 8.49. The van der Waals surface area contributed by atoms with E-state index in [0.717, 1.165) is 46.2 Å². The lowest BCUT2D eigenvalue weighted by molar-refractivity contribution is -0.177. The highest BCUT2D eigenvalue weighted by Crippen LogP contribution is 2.56. The summed E-state index contributed by atoms with van der Waals surface area (Å²) in [6, 6.07) is 0. The van der Waals surface area contributed by atoms with Gasteiger partial charge in [-0.05, 0) is 6.92 Å². The van der Waals surface area contributed by atoms with E-state index in [1.54, 1.807) is 0 Å². The number of ether oxygens (including phenoxy) is 3. The maximum atomic E-state index is 5.94. The summed E-state index contributed by atoms with van der Waals surface area (Å²) >= 11 is 0. The minimum Gasteiger partial charge on any atom is -0.424 e. The van der Waals surface area contributed by atoms with E-state index in [-0.39, 0.29) is 0 Å². The molecule has 5 heteroatoms. The zero-order valence-corrected chi connectivity index (χ0v) is 11.9. The summed E-state index contributed by atoms with van der Waals surface area (Å²) in [4.78, 5) is 0. The van der Waals surface area contributed by atoms with Crippen molar-refractivity contribution in [1.29, 1.82) is 0 Å². The Bertz CT molecular complexity index is 225. The minimum atomic E-state index is -0.543. The Hall–Kier alpha value is 0.0569. The van der Waals surface area contributed by atoms with Crippen LogP contribution in [-0.4, -0.2) is 56.0 Å². The number of rotatable bonds is 6.